The topological polar surface area (TPSA) is 3.24 Å². The van der Waals surface area contributed by atoms with Crippen molar-refractivity contribution < 1.29 is 0 Å². The van der Waals surface area contributed by atoms with Gasteiger partial charge in [0.1, 0.15) is 0 Å². The van der Waals surface area contributed by atoms with Gasteiger partial charge >= 0.3 is 0 Å². The van der Waals surface area contributed by atoms with Gasteiger partial charge < -0.3 is 4.90 Å². The number of rotatable bonds is 5. The van der Waals surface area contributed by atoms with Crippen LogP contribution in [0.4, 0.5) is 17.1 Å². The van der Waals surface area contributed by atoms with Crippen molar-refractivity contribution in [1.29, 1.82) is 0 Å². The zero-order chi connectivity index (χ0) is 29.7. The van der Waals surface area contributed by atoms with Crippen LogP contribution in [0.15, 0.2) is 164 Å². The molecule has 2 aromatic heterocycles. The van der Waals surface area contributed by atoms with E-state index in [1.165, 1.54) is 68.3 Å². The minimum Gasteiger partial charge on any atom is -0.309 e. The van der Waals surface area contributed by atoms with E-state index in [-0.39, 0.29) is 0 Å². The van der Waals surface area contributed by atoms with Crippen LogP contribution >= 0.6 is 22.7 Å². The number of para-hydroxylation sites is 1. The van der Waals surface area contributed by atoms with Crippen LogP contribution in [0.2, 0.25) is 0 Å². The van der Waals surface area contributed by atoms with E-state index in [1.54, 1.807) is 0 Å². The molecule has 45 heavy (non-hydrogen) atoms. The lowest BCUT2D eigenvalue weighted by Crippen LogP contribution is -2.10. The fourth-order valence-corrected chi connectivity index (χ4v) is 9.09. The Labute approximate surface area is 269 Å². The summed E-state index contributed by atoms with van der Waals surface area (Å²) in [5.74, 6) is 0. The number of hydrogen-bond acceptors (Lipinski definition) is 3. The number of hydrogen-bond donors (Lipinski definition) is 0. The minimum absolute atomic E-state index is 1.14. The maximum Gasteiger partial charge on any atom is 0.0640 e. The molecule has 0 fully saturated rings. The highest BCUT2D eigenvalue weighted by molar-refractivity contribution is 7.26. The highest BCUT2D eigenvalue weighted by atomic mass is 32.1. The second kappa shape index (κ2) is 10.7. The molecule has 0 aliphatic carbocycles. The average molecular weight is 610 g/mol. The molecule has 1 nitrogen and oxygen atoms in total. The molecular formula is C42H27NS2. The van der Waals surface area contributed by atoms with Crippen LogP contribution in [0, 0.1) is 0 Å². The molecule has 212 valence electrons. The van der Waals surface area contributed by atoms with E-state index >= 15 is 0 Å². The molecule has 0 N–H and O–H groups in total. The third-order valence-electron chi connectivity index (χ3n) is 8.69. The molecule has 2 heterocycles. The second-order valence-corrected chi connectivity index (χ2v) is 13.4. The van der Waals surface area contributed by atoms with Crippen molar-refractivity contribution in [2.45, 2.75) is 0 Å². The lowest BCUT2D eigenvalue weighted by Gasteiger charge is -2.27. The van der Waals surface area contributed by atoms with Crippen molar-refractivity contribution in [1.82, 2.24) is 0 Å². The van der Waals surface area contributed by atoms with E-state index in [2.05, 4.69) is 169 Å². The standard InChI is InChI=1S/C42H27NS2/c1-3-12-28(13-4-1)32-26-27-37(42-40(32)36-17-8-10-21-39(36)45-42)43(30-14-5-2-6-15-30)31-24-22-29(23-25-31)33-18-11-19-35-34-16-7-9-20-38(34)44-41(33)35/h1-27H. The Bertz CT molecular complexity index is 2470. The van der Waals surface area contributed by atoms with Gasteiger partial charge in [0, 0.05) is 47.0 Å². The molecule has 0 spiro atoms. The molecule has 9 rings (SSSR count). The van der Waals surface area contributed by atoms with Crippen molar-refractivity contribution in [2.24, 2.45) is 0 Å². The van der Waals surface area contributed by atoms with Gasteiger partial charge in [0.05, 0.1) is 10.4 Å². The molecule has 0 saturated carbocycles. The Balaban J connectivity index is 1.23. The van der Waals surface area contributed by atoms with Crippen LogP contribution in [0.25, 0.3) is 62.6 Å². The van der Waals surface area contributed by atoms with Gasteiger partial charge in [-0.2, -0.15) is 0 Å². The number of thiophene rings is 2. The van der Waals surface area contributed by atoms with Crippen molar-refractivity contribution in [3.63, 3.8) is 0 Å². The predicted octanol–water partition coefficient (Wildman–Crippen LogP) is 13.2. The molecule has 0 aliphatic heterocycles. The van der Waals surface area contributed by atoms with E-state index in [4.69, 9.17) is 0 Å². The van der Waals surface area contributed by atoms with Crippen molar-refractivity contribution in [2.75, 3.05) is 4.90 Å². The van der Waals surface area contributed by atoms with Gasteiger partial charge in [0.25, 0.3) is 0 Å². The molecular weight excluding hydrogens is 583 g/mol. The van der Waals surface area contributed by atoms with Crippen LogP contribution in [-0.2, 0) is 0 Å². The molecule has 0 aliphatic rings. The number of benzene rings is 7. The fourth-order valence-electron chi connectivity index (χ4n) is 6.62. The van der Waals surface area contributed by atoms with E-state index < -0.39 is 0 Å². The first-order valence-electron chi connectivity index (χ1n) is 15.2. The molecule has 0 radical (unpaired) electrons. The van der Waals surface area contributed by atoms with E-state index in [1.807, 2.05) is 22.7 Å². The summed E-state index contributed by atoms with van der Waals surface area (Å²) < 4.78 is 5.27. The fraction of sp³-hybridized carbons (Fsp3) is 0. The van der Waals surface area contributed by atoms with Gasteiger partial charge in [-0.3, -0.25) is 0 Å². The van der Waals surface area contributed by atoms with E-state index in [0.29, 0.717) is 0 Å². The smallest absolute Gasteiger partial charge is 0.0640 e. The van der Waals surface area contributed by atoms with Gasteiger partial charge in [-0.25, -0.2) is 0 Å². The third-order valence-corrected chi connectivity index (χ3v) is 11.1. The normalized spacial score (nSPS) is 11.6. The summed E-state index contributed by atoms with van der Waals surface area (Å²) in [6.45, 7) is 0. The second-order valence-electron chi connectivity index (χ2n) is 11.3. The van der Waals surface area contributed by atoms with E-state index in [9.17, 15) is 0 Å². The lowest BCUT2D eigenvalue weighted by atomic mass is 9.98. The number of fused-ring (bicyclic) bond motifs is 6. The summed E-state index contributed by atoms with van der Waals surface area (Å²) in [6.07, 6.45) is 0. The molecule has 3 heteroatoms. The van der Waals surface area contributed by atoms with Gasteiger partial charge in [-0.05, 0) is 64.7 Å². The number of nitrogens with zero attached hydrogens (tertiary/aromatic N) is 1. The van der Waals surface area contributed by atoms with Gasteiger partial charge in [0.2, 0.25) is 0 Å². The summed E-state index contributed by atoms with van der Waals surface area (Å²) in [4.78, 5) is 2.41. The summed E-state index contributed by atoms with van der Waals surface area (Å²) in [5, 5.41) is 5.28. The largest absolute Gasteiger partial charge is 0.309 e. The molecule has 0 bridgehead atoms. The molecule has 0 unspecified atom stereocenters. The lowest BCUT2D eigenvalue weighted by molar-refractivity contribution is 1.30. The number of anilines is 3. The molecule has 7 aromatic carbocycles. The van der Waals surface area contributed by atoms with Gasteiger partial charge in [-0.15, -0.1) is 22.7 Å². The maximum absolute atomic E-state index is 2.41. The Morgan fingerprint density at radius 1 is 0.356 bits per heavy atom. The quantitative estimate of drug-likeness (QED) is 0.188. The van der Waals surface area contributed by atoms with Crippen LogP contribution in [0.1, 0.15) is 0 Å². The van der Waals surface area contributed by atoms with Gasteiger partial charge in [0.15, 0.2) is 0 Å². The van der Waals surface area contributed by atoms with Gasteiger partial charge in [-0.1, -0.05) is 121 Å². The Morgan fingerprint density at radius 2 is 0.933 bits per heavy atom. The maximum atomic E-state index is 2.41. The predicted molar refractivity (Wildman–Crippen MR) is 198 cm³/mol. The summed E-state index contributed by atoms with van der Waals surface area (Å²) in [6, 6.07) is 59.5. The van der Waals surface area contributed by atoms with Crippen LogP contribution in [0.5, 0.6) is 0 Å². The molecule has 0 amide bonds. The Morgan fingerprint density at radius 3 is 1.71 bits per heavy atom. The van der Waals surface area contributed by atoms with Crippen molar-refractivity contribution in [3.8, 4) is 22.3 Å². The first kappa shape index (κ1) is 26.2. The molecule has 0 atom stereocenters. The highest BCUT2D eigenvalue weighted by Crippen LogP contribution is 2.48. The summed E-state index contributed by atoms with van der Waals surface area (Å²) in [5.41, 5.74) is 8.50. The first-order valence-corrected chi connectivity index (χ1v) is 16.8. The minimum atomic E-state index is 1.14. The highest BCUT2D eigenvalue weighted by Gasteiger charge is 2.21. The Hall–Kier alpha value is -5.22. The zero-order valence-corrected chi connectivity index (χ0v) is 26.0. The van der Waals surface area contributed by atoms with Crippen molar-refractivity contribution in [3.05, 3.63) is 164 Å². The van der Waals surface area contributed by atoms with Crippen LogP contribution in [0.3, 0.4) is 0 Å². The first-order chi connectivity index (χ1) is 22.3. The zero-order valence-electron chi connectivity index (χ0n) is 24.4. The third kappa shape index (κ3) is 4.35. The SMILES string of the molecule is c1ccc(-c2ccc(N(c3ccccc3)c3ccc(-c4cccc5c4sc4ccccc45)cc3)c3sc4ccccc4c23)cc1. The van der Waals surface area contributed by atoms with Crippen molar-refractivity contribution >= 4 is 80.1 Å². The Kier molecular flexibility index (Phi) is 6.26. The summed E-state index contributed by atoms with van der Waals surface area (Å²) in [7, 11) is 0. The molecule has 0 saturated heterocycles. The van der Waals surface area contributed by atoms with Crippen LogP contribution < -0.4 is 4.90 Å². The summed E-state index contributed by atoms with van der Waals surface area (Å²) >= 11 is 3.76. The van der Waals surface area contributed by atoms with E-state index in [0.717, 1.165) is 11.4 Å². The van der Waals surface area contributed by atoms with Crippen LogP contribution in [-0.4, -0.2) is 0 Å². The molecule has 9 aromatic rings. The average Bonchev–Trinajstić information content (AvgIpc) is 3.69. The monoisotopic (exact) mass is 609 g/mol.